The van der Waals surface area contributed by atoms with Crippen molar-refractivity contribution >= 4 is 59.4 Å². The normalized spacial score (nSPS) is 14.3. The average molecular weight is 841 g/mol. The Morgan fingerprint density at radius 3 is 1.56 bits per heavy atom. The van der Waals surface area contributed by atoms with Gasteiger partial charge >= 0.3 is 24.0 Å². The lowest BCUT2D eigenvalue weighted by atomic mass is 10.1. The highest BCUT2D eigenvalue weighted by Gasteiger charge is 2.33. The van der Waals surface area contributed by atoms with Crippen molar-refractivity contribution in [1.29, 1.82) is 0 Å². The molecule has 0 aromatic heterocycles. The summed E-state index contributed by atoms with van der Waals surface area (Å²) in [4.78, 5) is 127. The fraction of sp³-hybridized carbons (Fsp3) is 0.600. The van der Waals surface area contributed by atoms with E-state index in [0.29, 0.717) is 42.5 Å². The molecule has 2 fully saturated rings. The van der Waals surface area contributed by atoms with Gasteiger partial charge in [-0.25, -0.2) is 19.2 Å². The van der Waals surface area contributed by atoms with E-state index in [1.807, 2.05) is 0 Å². The van der Waals surface area contributed by atoms with Gasteiger partial charge in [-0.3, -0.25) is 28.8 Å². The summed E-state index contributed by atoms with van der Waals surface area (Å²) >= 11 is 0. The van der Waals surface area contributed by atoms with Crippen molar-refractivity contribution in [2.24, 2.45) is 0 Å². The summed E-state index contributed by atoms with van der Waals surface area (Å²) in [6.07, 6.45) is 7.97. The molecular weight excluding hydrogens is 788 g/mol. The summed E-state index contributed by atoms with van der Waals surface area (Å²) in [6.45, 7) is 1.45. The van der Waals surface area contributed by atoms with Crippen LogP contribution in [0.1, 0.15) is 71.1 Å². The maximum atomic E-state index is 12.9. The Morgan fingerprint density at radius 2 is 1.05 bits per heavy atom. The quantitative estimate of drug-likeness (QED) is 0.0292. The Labute approximate surface area is 339 Å². The minimum absolute atomic E-state index is 0.0194. The minimum Gasteiger partial charge on any atom is -0.497 e. The maximum absolute atomic E-state index is 12.9. The van der Waals surface area contributed by atoms with E-state index in [9.17, 15) is 47.9 Å². The Morgan fingerprint density at radius 1 is 0.593 bits per heavy atom. The molecule has 24 nitrogen and oxygen atoms in total. The molecule has 0 saturated carbocycles. The van der Waals surface area contributed by atoms with Gasteiger partial charge in [0.05, 0.1) is 25.7 Å². The molecule has 10 amide bonds. The molecule has 6 N–H and O–H groups in total. The van der Waals surface area contributed by atoms with Crippen molar-refractivity contribution in [3.8, 4) is 0 Å². The molecule has 0 radical (unpaired) electrons. The summed E-state index contributed by atoms with van der Waals surface area (Å²) in [5, 5.41) is 16.4. The van der Waals surface area contributed by atoms with Crippen LogP contribution in [-0.4, -0.2) is 135 Å². The molecule has 2 aliphatic rings. The number of nitrogens with zero attached hydrogens (tertiary/aromatic N) is 2. The molecule has 0 aromatic carbocycles. The van der Waals surface area contributed by atoms with Crippen molar-refractivity contribution in [2.75, 3.05) is 59.3 Å². The zero-order valence-corrected chi connectivity index (χ0v) is 32.7. The van der Waals surface area contributed by atoms with Crippen molar-refractivity contribution in [3.05, 3.63) is 24.9 Å². The van der Waals surface area contributed by atoms with E-state index in [-0.39, 0.29) is 71.0 Å². The number of carbonyl (C=O) groups excluding carboxylic acids is 10. The lowest BCUT2D eigenvalue weighted by molar-refractivity contribution is -0.200. The Kier molecular flexibility index (Phi) is 24.0. The highest BCUT2D eigenvalue weighted by Crippen LogP contribution is 2.13. The smallest absolute Gasteiger partial charge is 0.358 e. The second-order valence-electron chi connectivity index (χ2n) is 12.4. The summed E-state index contributed by atoms with van der Waals surface area (Å²) in [7, 11) is 0. The van der Waals surface area contributed by atoms with Crippen LogP contribution in [-0.2, 0) is 67.0 Å². The SMILES string of the molecule is CC(=O)NCCCCCNC(=O)C(CCCCNC(=O)N/C=C\OCCOCC(=O)ON1C(=O)CCC1=O)NC(=O)N/C=C\OCCOCC(=O)ON1C(=O)CCC1=O. The molecule has 0 aromatic rings. The molecule has 2 rings (SSSR count). The highest BCUT2D eigenvalue weighted by atomic mass is 16.7. The number of nitrogens with one attached hydrogen (secondary N) is 6. The van der Waals surface area contributed by atoms with E-state index >= 15 is 0 Å². The molecule has 0 bridgehead atoms. The van der Waals surface area contributed by atoms with Crippen LogP contribution >= 0.6 is 0 Å². The van der Waals surface area contributed by atoms with E-state index in [4.69, 9.17) is 18.9 Å². The zero-order chi connectivity index (χ0) is 43.3. The number of ether oxygens (including phenoxy) is 4. The number of hydrogen-bond acceptors (Lipinski definition) is 16. The standard InChI is InChI=1S/C35H52N8O16/c1-25(44)36-12-4-2-5-13-37-33(51)26(41-35(53)40-16-18-55-20-22-57-24-32(50)59-43-29(47)10-11-30(43)48)7-3-6-14-38-34(52)39-15-17-54-19-21-56-23-31(49)58-42-27(45)8-9-28(42)46/h15-18,26H,2-14,19-24H2,1H3,(H,36,44)(H,37,51)(H2,38,39,52)(H2,40,41,53)/b17-15-,18-16-. The van der Waals surface area contributed by atoms with E-state index in [2.05, 4.69) is 41.6 Å². The zero-order valence-electron chi connectivity index (χ0n) is 32.7. The molecule has 2 aliphatic heterocycles. The van der Waals surface area contributed by atoms with Gasteiger partial charge in [0, 0.05) is 64.6 Å². The van der Waals surface area contributed by atoms with E-state index < -0.39 is 72.8 Å². The van der Waals surface area contributed by atoms with Crippen LogP contribution in [0.25, 0.3) is 0 Å². The van der Waals surface area contributed by atoms with Crippen LogP contribution in [0.4, 0.5) is 9.59 Å². The van der Waals surface area contributed by atoms with Crippen molar-refractivity contribution < 1.29 is 76.6 Å². The van der Waals surface area contributed by atoms with Crippen LogP contribution in [0.3, 0.4) is 0 Å². The Hall–Kier alpha value is -6.30. The van der Waals surface area contributed by atoms with Gasteiger partial charge in [-0.05, 0) is 38.5 Å². The molecule has 1 atom stereocenters. The van der Waals surface area contributed by atoms with E-state index in [1.54, 1.807) is 0 Å². The third kappa shape index (κ3) is 22.3. The first kappa shape index (κ1) is 48.8. The topological polar surface area (TPSA) is 305 Å². The largest absolute Gasteiger partial charge is 0.497 e. The molecule has 328 valence electrons. The van der Waals surface area contributed by atoms with Crippen LogP contribution in [0, 0.1) is 0 Å². The van der Waals surface area contributed by atoms with Gasteiger partial charge in [0.15, 0.2) is 0 Å². The van der Waals surface area contributed by atoms with E-state index in [0.717, 1.165) is 19.1 Å². The van der Waals surface area contributed by atoms with Crippen LogP contribution in [0.15, 0.2) is 24.9 Å². The molecule has 59 heavy (non-hydrogen) atoms. The first-order chi connectivity index (χ1) is 28.4. The first-order valence-electron chi connectivity index (χ1n) is 18.8. The summed E-state index contributed by atoms with van der Waals surface area (Å²) in [5.41, 5.74) is 0. The second kappa shape index (κ2) is 29.0. The van der Waals surface area contributed by atoms with Gasteiger partial charge in [0.25, 0.3) is 23.6 Å². The average Bonchev–Trinajstić information content (AvgIpc) is 3.68. The van der Waals surface area contributed by atoms with Gasteiger partial charge in [0.1, 0.15) is 32.5 Å². The monoisotopic (exact) mass is 840 g/mol. The summed E-state index contributed by atoms with van der Waals surface area (Å²) in [6, 6.07) is -2.14. The van der Waals surface area contributed by atoms with Crippen molar-refractivity contribution in [1.82, 2.24) is 42.0 Å². The van der Waals surface area contributed by atoms with Gasteiger partial charge in [0.2, 0.25) is 11.8 Å². The number of hydroxylamine groups is 4. The number of carbonyl (C=O) groups is 10. The van der Waals surface area contributed by atoms with Crippen LogP contribution in [0.2, 0.25) is 0 Å². The third-order valence-corrected chi connectivity index (χ3v) is 7.64. The number of imide groups is 2. The lowest BCUT2D eigenvalue weighted by Gasteiger charge is -2.18. The molecule has 2 heterocycles. The van der Waals surface area contributed by atoms with Crippen LogP contribution < -0.4 is 31.9 Å². The van der Waals surface area contributed by atoms with Gasteiger partial charge in [-0.2, -0.15) is 0 Å². The van der Waals surface area contributed by atoms with Gasteiger partial charge < -0.3 is 60.5 Å². The second-order valence-corrected chi connectivity index (χ2v) is 12.4. The molecule has 1 unspecified atom stereocenters. The third-order valence-electron chi connectivity index (χ3n) is 7.64. The predicted molar refractivity (Wildman–Crippen MR) is 198 cm³/mol. The van der Waals surface area contributed by atoms with Gasteiger partial charge in [-0.1, -0.05) is 0 Å². The lowest BCUT2D eigenvalue weighted by Crippen LogP contribution is -2.49. The number of unbranched alkanes of at least 4 members (excludes halogenated alkanes) is 3. The van der Waals surface area contributed by atoms with E-state index in [1.165, 1.54) is 25.6 Å². The summed E-state index contributed by atoms with van der Waals surface area (Å²) in [5.74, 6) is -4.79. The molecule has 2 saturated heterocycles. The minimum atomic E-state index is -0.929. The number of urea groups is 2. The van der Waals surface area contributed by atoms with Gasteiger partial charge in [-0.15, -0.1) is 10.1 Å². The van der Waals surface area contributed by atoms with Crippen molar-refractivity contribution in [2.45, 2.75) is 77.2 Å². The Bertz CT molecular complexity index is 1490. The van der Waals surface area contributed by atoms with Crippen molar-refractivity contribution in [3.63, 3.8) is 0 Å². The summed E-state index contributed by atoms with van der Waals surface area (Å²) < 4.78 is 20.4. The maximum Gasteiger partial charge on any atom is 0.358 e. The fourth-order valence-corrected chi connectivity index (χ4v) is 4.77. The number of amides is 10. The fourth-order valence-electron chi connectivity index (χ4n) is 4.77. The number of rotatable bonds is 29. The molecule has 24 heteroatoms. The Balaban J connectivity index is 1.62. The first-order valence-corrected chi connectivity index (χ1v) is 18.8. The molecular formula is C35H52N8O16. The number of hydrogen-bond donors (Lipinski definition) is 6. The highest BCUT2D eigenvalue weighted by molar-refractivity contribution is 6.02. The molecule has 0 spiro atoms. The molecule has 0 aliphatic carbocycles. The van der Waals surface area contributed by atoms with Crippen LogP contribution in [0.5, 0.6) is 0 Å². The predicted octanol–water partition coefficient (Wildman–Crippen LogP) is -1.23.